The van der Waals surface area contributed by atoms with E-state index in [1.165, 1.54) is 48.5 Å². The first-order valence-corrected chi connectivity index (χ1v) is 9.04. The number of anilines is 1. The molecule has 4 aromatic rings. The van der Waals surface area contributed by atoms with Crippen molar-refractivity contribution in [2.45, 2.75) is 6.18 Å². The highest BCUT2D eigenvalue weighted by molar-refractivity contribution is 6.34. The molecule has 0 saturated heterocycles. The van der Waals surface area contributed by atoms with Crippen LogP contribution in [-0.4, -0.2) is 15.5 Å². The number of nitrogens with zero attached hydrogens (tertiary/aromatic N) is 2. The van der Waals surface area contributed by atoms with Gasteiger partial charge in [0.15, 0.2) is 0 Å². The Morgan fingerprint density at radius 1 is 1.00 bits per heavy atom. The quantitative estimate of drug-likeness (QED) is 0.397. The first-order valence-electron chi connectivity index (χ1n) is 8.66. The van der Waals surface area contributed by atoms with Crippen LogP contribution >= 0.6 is 11.6 Å². The zero-order chi connectivity index (χ0) is 21.5. The van der Waals surface area contributed by atoms with E-state index >= 15 is 0 Å². The topological polar surface area (TPSA) is 46.9 Å². The predicted octanol–water partition coefficient (Wildman–Crippen LogP) is 6.09. The van der Waals surface area contributed by atoms with E-state index in [0.29, 0.717) is 0 Å². The highest BCUT2D eigenvalue weighted by Crippen LogP contribution is 2.35. The number of carbonyl (C=O) groups is 1. The maximum atomic E-state index is 13.8. The second-order valence-electron chi connectivity index (χ2n) is 6.36. The monoisotopic (exact) mass is 433 g/mol. The van der Waals surface area contributed by atoms with E-state index in [2.05, 4.69) is 10.3 Å². The molecule has 9 heteroatoms. The summed E-state index contributed by atoms with van der Waals surface area (Å²) >= 11 is 6.21. The summed E-state index contributed by atoms with van der Waals surface area (Å²) in [6, 6.07) is 15.6. The fraction of sp³-hybridized carbons (Fsp3) is 0.0476. The summed E-state index contributed by atoms with van der Waals surface area (Å²) in [7, 11) is 0. The minimum Gasteiger partial charge on any atom is -0.321 e. The third-order valence-electron chi connectivity index (χ3n) is 4.39. The Morgan fingerprint density at radius 3 is 2.40 bits per heavy atom. The van der Waals surface area contributed by atoms with Crippen LogP contribution in [0.1, 0.15) is 16.2 Å². The summed E-state index contributed by atoms with van der Waals surface area (Å²) in [5, 5.41) is 2.45. The molecule has 0 radical (unpaired) electrons. The number of rotatable bonds is 3. The number of benzene rings is 3. The number of imidazole rings is 1. The average Bonchev–Trinajstić information content (AvgIpc) is 3.10. The average molecular weight is 434 g/mol. The van der Waals surface area contributed by atoms with Crippen molar-refractivity contribution in [1.82, 2.24) is 9.55 Å². The summed E-state index contributed by atoms with van der Waals surface area (Å²) in [4.78, 5) is 16.0. The van der Waals surface area contributed by atoms with Gasteiger partial charge in [-0.3, -0.25) is 9.36 Å². The van der Waals surface area contributed by atoms with Gasteiger partial charge in [0, 0.05) is 5.69 Å². The molecule has 0 aliphatic carbocycles. The van der Waals surface area contributed by atoms with Crippen LogP contribution in [0.4, 0.5) is 23.2 Å². The van der Waals surface area contributed by atoms with Crippen LogP contribution in [0, 0.1) is 5.82 Å². The van der Waals surface area contributed by atoms with E-state index in [4.69, 9.17) is 11.6 Å². The van der Waals surface area contributed by atoms with Crippen LogP contribution in [0.5, 0.6) is 0 Å². The van der Waals surface area contributed by atoms with Crippen LogP contribution < -0.4 is 5.32 Å². The van der Waals surface area contributed by atoms with Gasteiger partial charge in [-0.05, 0) is 42.5 Å². The SMILES string of the molecule is O=C(Nc1ccc(-n2c(C(F)(F)F)nc3ccccc32)cc1Cl)c1ccccc1F. The van der Waals surface area contributed by atoms with Gasteiger partial charge >= 0.3 is 6.18 Å². The summed E-state index contributed by atoms with van der Waals surface area (Å²) in [6.07, 6.45) is -4.69. The second-order valence-corrected chi connectivity index (χ2v) is 6.76. The number of nitrogens with one attached hydrogen (secondary N) is 1. The van der Waals surface area contributed by atoms with Crippen LogP contribution in [0.25, 0.3) is 16.7 Å². The molecule has 152 valence electrons. The third-order valence-corrected chi connectivity index (χ3v) is 4.70. The Hall–Kier alpha value is -3.39. The van der Waals surface area contributed by atoms with Gasteiger partial charge in [-0.1, -0.05) is 35.9 Å². The van der Waals surface area contributed by atoms with E-state index in [9.17, 15) is 22.4 Å². The minimum atomic E-state index is -4.69. The summed E-state index contributed by atoms with van der Waals surface area (Å²) in [5.74, 6) is -2.53. The zero-order valence-electron chi connectivity index (χ0n) is 15.0. The van der Waals surface area contributed by atoms with E-state index in [0.717, 1.165) is 10.6 Å². The molecule has 0 aliphatic rings. The number of hydrogen-bond acceptors (Lipinski definition) is 2. The van der Waals surface area contributed by atoms with Crippen LogP contribution in [0.2, 0.25) is 5.02 Å². The van der Waals surface area contributed by atoms with Gasteiger partial charge < -0.3 is 5.32 Å². The van der Waals surface area contributed by atoms with Crippen LogP contribution in [0.15, 0.2) is 66.7 Å². The standard InChI is InChI=1S/C21H12ClF4N3O/c22-14-11-12(9-10-16(14)27-19(30)13-5-1-2-6-15(13)23)29-18-8-4-3-7-17(18)28-20(29)21(24,25)26/h1-11H,(H,27,30). The lowest BCUT2D eigenvalue weighted by molar-refractivity contribution is -0.145. The molecule has 3 aromatic carbocycles. The number of alkyl halides is 3. The summed E-state index contributed by atoms with van der Waals surface area (Å²) in [6.45, 7) is 0. The van der Waals surface area contributed by atoms with Crippen molar-refractivity contribution >= 4 is 34.2 Å². The van der Waals surface area contributed by atoms with Crippen molar-refractivity contribution in [2.24, 2.45) is 0 Å². The molecule has 0 aliphatic heterocycles. The number of amides is 1. The molecule has 1 amide bonds. The fourth-order valence-electron chi connectivity index (χ4n) is 3.06. The molecule has 1 heterocycles. The Kier molecular flexibility index (Phi) is 4.95. The number of para-hydroxylation sites is 2. The van der Waals surface area contributed by atoms with E-state index in [1.807, 2.05) is 0 Å². The lowest BCUT2D eigenvalue weighted by Crippen LogP contribution is -2.15. The second kappa shape index (κ2) is 7.46. The Balaban J connectivity index is 1.74. The molecule has 0 unspecified atom stereocenters. The molecule has 30 heavy (non-hydrogen) atoms. The van der Waals surface area contributed by atoms with Crippen molar-refractivity contribution in [3.05, 3.63) is 89.0 Å². The Bertz CT molecular complexity index is 1270. The molecule has 1 aromatic heterocycles. The van der Waals surface area contributed by atoms with Crippen molar-refractivity contribution in [1.29, 1.82) is 0 Å². The highest BCUT2D eigenvalue weighted by Gasteiger charge is 2.38. The molecule has 0 spiro atoms. The molecule has 1 N–H and O–H groups in total. The molecule has 4 rings (SSSR count). The number of carbonyl (C=O) groups excluding carboxylic acids is 1. The van der Waals surface area contributed by atoms with Crippen molar-refractivity contribution in [2.75, 3.05) is 5.32 Å². The van der Waals surface area contributed by atoms with Crippen molar-refractivity contribution < 1.29 is 22.4 Å². The predicted molar refractivity (Wildman–Crippen MR) is 105 cm³/mol. The van der Waals surface area contributed by atoms with Gasteiger partial charge in [-0.25, -0.2) is 9.37 Å². The first kappa shape index (κ1) is 19.9. The molecule has 0 saturated carbocycles. The molecule has 0 atom stereocenters. The molecular formula is C21H12ClF4N3O. The largest absolute Gasteiger partial charge is 0.450 e. The number of fused-ring (bicyclic) bond motifs is 1. The van der Waals surface area contributed by atoms with Gasteiger partial charge in [0.25, 0.3) is 5.91 Å². The van der Waals surface area contributed by atoms with Gasteiger partial charge in [0.1, 0.15) is 5.82 Å². The van der Waals surface area contributed by atoms with E-state index < -0.39 is 23.7 Å². The third kappa shape index (κ3) is 3.61. The number of hydrogen-bond donors (Lipinski definition) is 1. The molecule has 0 fully saturated rings. The summed E-state index contributed by atoms with van der Waals surface area (Å²) < 4.78 is 55.4. The molecule has 4 nitrogen and oxygen atoms in total. The maximum absolute atomic E-state index is 13.8. The first-order chi connectivity index (χ1) is 14.3. The highest BCUT2D eigenvalue weighted by atomic mass is 35.5. The Labute approximate surface area is 172 Å². The Morgan fingerprint density at radius 2 is 1.70 bits per heavy atom. The smallest absolute Gasteiger partial charge is 0.321 e. The van der Waals surface area contributed by atoms with E-state index in [-0.39, 0.29) is 33.0 Å². The minimum absolute atomic E-state index is 0.0110. The fourth-order valence-corrected chi connectivity index (χ4v) is 3.28. The zero-order valence-corrected chi connectivity index (χ0v) is 15.8. The number of aromatic nitrogens is 2. The van der Waals surface area contributed by atoms with Gasteiger partial charge in [-0.15, -0.1) is 0 Å². The van der Waals surface area contributed by atoms with Gasteiger partial charge in [0.05, 0.1) is 27.3 Å². The van der Waals surface area contributed by atoms with Crippen molar-refractivity contribution in [3.8, 4) is 5.69 Å². The summed E-state index contributed by atoms with van der Waals surface area (Å²) in [5.41, 5.74) is 0.496. The molecule has 0 bridgehead atoms. The normalized spacial score (nSPS) is 11.6. The van der Waals surface area contributed by atoms with Crippen LogP contribution in [-0.2, 0) is 6.18 Å². The van der Waals surface area contributed by atoms with Crippen LogP contribution in [0.3, 0.4) is 0 Å². The molecular weight excluding hydrogens is 422 g/mol. The van der Waals surface area contributed by atoms with Gasteiger partial charge in [-0.2, -0.15) is 13.2 Å². The number of halogens is 5. The van der Waals surface area contributed by atoms with E-state index in [1.54, 1.807) is 12.1 Å². The maximum Gasteiger partial charge on any atom is 0.450 e. The lowest BCUT2D eigenvalue weighted by atomic mass is 10.2. The van der Waals surface area contributed by atoms with Gasteiger partial charge in [0.2, 0.25) is 5.82 Å². The lowest BCUT2D eigenvalue weighted by Gasteiger charge is -2.14. The van der Waals surface area contributed by atoms with Crippen molar-refractivity contribution in [3.63, 3.8) is 0 Å².